The van der Waals surface area contributed by atoms with Crippen molar-refractivity contribution in [2.75, 3.05) is 13.1 Å². The molecule has 0 aromatic rings. The van der Waals surface area contributed by atoms with E-state index in [1.807, 2.05) is 0 Å². The van der Waals surface area contributed by atoms with E-state index in [-0.39, 0.29) is 42.7 Å². The Morgan fingerprint density at radius 1 is 1.48 bits per heavy atom. The van der Waals surface area contributed by atoms with Crippen molar-refractivity contribution in [3.05, 3.63) is 0 Å². The maximum absolute atomic E-state index is 12.4. The van der Waals surface area contributed by atoms with Crippen LogP contribution in [0.1, 0.15) is 46.0 Å². The highest BCUT2D eigenvalue weighted by Crippen LogP contribution is 2.42. The summed E-state index contributed by atoms with van der Waals surface area (Å²) in [6, 6.07) is -0.588. The van der Waals surface area contributed by atoms with Crippen molar-refractivity contribution in [2.24, 2.45) is 11.7 Å². The second-order valence-corrected chi connectivity index (χ2v) is 6.44. The lowest BCUT2D eigenvalue weighted by atomic mass is 9.96. The molecule has 2 aliphatic rings. The van der Waals surface area contributed by atoms with Crippen molar-refractivity contribution >= 4 is 30.3 Å². The van der Waals surface area contributed by atoms with Crippen LogP contribution in [0.15, 0.2) is 0 Å². The topological polar surface area (TPSA) is 105 Å². The quantitative estimate of drug-likeness (QED) is 0.564. The fourth-order valence-corrected chi connectivity index (χ4v) is 2.91. The predicted octanol–water partition coefficient (Wildman–Crippen LogP) is 0.762. The average molecular weight is 347 g/mol. The van der Waals surface area contributed by atoms with E-state index in [2.05, 4.69) is 17.6 Å². The molecule has 2 unspecified atom stereocenters. The number of halogens is 1. The van der Waals surface area contributed by atoms with Crippen LogP contribution in [0.3, 0.4) is 0 Å². The summed E-state index contributed by atoms with van der Waals surface area (Å²) in [7, 11) is 0. The zero-order valence-electron chi connectivity index (χ0n) is 13.8. The van der Waals surface area contributed by atoms with E-state index < -0.39 is 11.6 Å². The van der Waals surface area contributed by atoms with Gasteiger partial charge in [-0.05, 0) is 32.1 Å². The molecule has 2 fully saturated rings. The van der Waals surface area contributed by atoms with Crippen LogP contribution >= 0.6 is 12.4 Å². The van der Waals surface area contributed by atoms with E-state index in [1.165, 1.54) is 0 Å². The van der Waals surface area contributed by atoms with Gasteiger partial charge in [0.15, 0.2) is 0 Å². The molecule has 4 N–H and O–H groups in total. The van der Waals surface area contributed by atoms with Gasteiger partial charge in [0.25, 0.3) is 5.91 Å². The third kappa shape index (κ3) is 4.35. The maximum atomic E-state index is 12.4. The number of carbonyl (C=O) groups excluding carboxylic acids is 3. The minimum atomic E-state index is -0.840. The fraction of sp³-hybridized carbons (Fsp3) is 0.800. The van der Waals surface area contributed by atoms with Gasteiger partial charge in [0.05, 0.1) is 0 Å². The van der Waals surface area contributed by atoms with E-state index in [0.29, 0.717) is 6.54 Å². The molecule has 8 heteroatoms. The Hall–Kier alpha value is -1.34. The Labute approximate surface area is 143 Å². The molecule has 4 amide bonds. The molecular formula is C15H27ClN4O3. The van der Waals surface area contributed by atoms with Crippen LogP contribution in [0.25, 0.3) is 0 Å². The molecule has 23 heavy (non-hydrogen) atoms. The van der Waals surface area contributed by atoms with Gasteiger partial charge >= 0.3 is 6.03 Å². The standard InChI is InChI=1S/C15H26N4O3.ClH/c1-3-4-5-11(8-16)17-12(20)9-19-13(21)15(2,10-6-7-10)18-14(19)22;/h10-11H,3-9,16H2,1-2H3,(H,17,20)(H,18,22);1H. The van der Waals surface area contributed by atoms with E-state index in [9.17, 15) is 14.4 Å². The fourth-order valence-electron chi connectivity index (χ4n) is 2.91. The predicted molar refractivity (Wildman–Crippen MR) is 89.1 cm³/mol. The smallest absolute Gasteiger partial charge is 0.325 e. The van der Waals surface area contributed by atoms with Crippen molar-refractivity contribution < 1.29 is 14.4 Å². The molecule has 1 aliphatic heterocycles. The summed E-state index contributed by atoms with van der Waals surface area (Å²) in [5.74, 6) is -0.443. The van der Waals surface area contributed by atoms with Gasteiger partial charge in [0, 0.05) is 12.6 Å². The summed E-state index contributed by atoms with van der Waals surface area (Å²) < 4.78 is 0. The van der Waals surface area contributed by atoms with E-state index in [1.54, 1.807) is 6.92 Å². The summed E-state index contributed by atoms with van der Waals surface area (Å²) in [5, 5.41) is 5.54. The Morgan fingerprint density at radius 3 is 2.65 bits per heavy atom. The first-order valence-electron chi connectivity index (χ1n) is 8.06. The van der Waals surface area contributed by atoms with Crippen molar-refractivity contribution in [3.63, 3.8) is 0 Å². The third-order valence-corrected chi connectivity index (χ3v) is 4.55. The van der Waals surface area contributed by atoms with Crippen LogP contribution in [0.2, 0.25) is 0 Å². The zero-order chi connectivity index (χ0) is 16.3. The summed E-state index contributed by atoms with van der Waals surface area (Å²) in [6.45, 7) is 3.93. The van der Waals surface area contributed by atoms with Gasteiger partial charge in [-0.1, -0.05) is 19.8 Å². The first-order valence-corrected chi connectivity index (χ1v) is 8.06. The minimum Gasteiger partial charge on any atom is -0.351 e. The van der Waals surface area contributed by atoms with E-state index >= 15 is 0 Å². The first-order chi connectivity index (χ1) is 10.4. The van der Waals surface area contributed by atoms with Crippen LogP contribution in [0.5, 0.6) is 0 Å². The number of nitrogens with zero attached hydrogens (tertiary/aromatic N) is 1. The van der Waals surface area contributed by atoms with Crippen LogP contribution in [0.4, 0.5) is 4.79 Å². The SMILES string of the molecule is CCCCC(CN)NC(=O)CN1C(=O)NC(C)(C2CC2)C1=O.Cl. The van der Waals surface area contributed by atoms with Crippen molar-refractivity contribution in [1.82, 2.24) is 15.5 Å². The molecular weight excluding hydrogens is 320 g/mol. The molecule has 0 spiro atoms. The summed E-state index contributed by atoms with van der Waals surface area (Å²) in [6.07, 6.45) is 4.69. The van der Waals surface area contributed by atoms with Crippen LogP contribution in [0, 0.1) is 5.92 Å². The number of imide groups is 1. The number of nitrogens with one attached hydrogen (secondary N) is 2. The lowest BCUT2D eigenvalue weighted by Crippen LogP contribution is -2.48. The van der Waals surface area contributed by atoms with Crippen molar-refractivity contribution in [1.29, 1.82) is 0 Å². The minimum absolute atomic E-state index is 0. The number of amides is 4. The molecule has 0 radical (unpaired) electrons. The van der Waals surface area contributed by atoms with E-state index in [0.717, 1.165) is 37.0 Å². The van der Waals surface area contributed by atoms with Gasteiger partial charge < -0.3 is 16.4 Å². The number of urea groups is 1. The number of unbranched alkanes of at least 4 members (excludes halogenated alkanes) is 1. The Bertz CT molecular complexity index is 470. The lowest BCUT2D eigenvalue weighted by Gasteiger charge is -2.21. The largest absolute Gasteiger partial charge is 0.351 e. The monoisotopic (exact) mass is 346 g/mol. The molecule has 0 bridgehead atoms. The Morgan fingerprint density at radius 2 is 2.13 bits per heavy atom. The molecule has 0 aromatic carbocycles. The van der Waals surface area contributed by atoms with Crippen LogP contribution in [-0.2, 0) is 9.59 Å². The van der Waals surface area contributed by atoms with Crippen molar-refractivity contribution in [3.8, 4) is 0 Å². The van der Waals surface area contributed by atoms with Crippen LogP contribution < -0.4 is 16.4 Å². The Kier molecular flexibility index (Phi) is 6.83. The summed E-state index contributed by atoms with van der Waals surface area (Å²) in [4.78, 5) is 37.5. The molecule has 0 aromatic heterocycles. The highest BCUT2D eigenvalue weighted by atomic mass is 35.5. The highest BCUT2D eigenvalue weighted by molar-refractivity contribution is 6.09. The lowest BCUT2D eigenvalue weighted by molar-refractivity contribution is -0.135. The number of carbonyl (C=O) groups is 3. The van der Waals surface area contributed by atoms with Gasteiger partial charge in [-0.2, -0.15) is 0 Å². The van der Waals surface area contributed by atoms with Gasteiger partial charge in [-0.25, -0.2) is 4.79 Å². The molecule has 1 heterocycles. The molecule has 1 aliphatic carbocycles. The van der Waals surface area contributed by atoms with Gasteiger partial charge in [-0.3, -0.25) is 14.5 Å². The molecule has 2 atom stereocenters. The number of nitrogens with two attached hydrogens (primary N) is 1. The average Bonchev–Trinajstić information content (AvgIpc) is 3.30. The third-order valence-electron chi connectivity index (χ3n) is 4.55. The van der Waals surface area contributed by atoms with E-state index in [4.69, 9.17) is 5.73 Å². The molecule has 1 saturated heterocycles. The first kappa shape index (κ1) is 19.7. The molecule has 132 valence electrons. The summed E-state index contributed by atoms with van der Waals surface area (Å²) in [5.41, 5.74) is 4.80. The highest BCUT2D eigenvalue weighted by Gasteiger charge is 2.56. The van der Waals surface area contributed by atoms with Gasteiger partial charge in [0.1, 0.15) is 12.1 Å². The number of hydrogen-bond acceptors (Lipinski definition) is 4. The number of rotatable bonds is 8. The zero-order valence-corrected chi connectivity index (χ0v) is 14.6. The molecule has 2 rings (SSSR count). The number of hydrogen-bond donors (Lipinski definition) is 3. The normalized spacial score (nSPS) is 24.9. The van der Waals surface area contributed by atoms with Crippen LogP contribution in [-0.4, -0.2) is 47.4 Å². The Balaban J connectivity index is 0.00000264. The second-order valence-electron chi connectivity index (χ2n) is 6.44. The second kappa shape index (κ2) is 7.97. The maximum Gasteiger partial charge on any atom is 0.325 e. The van der Waals surface area contributed by atoms with Crippen molar-refractivity contribution in [2.45, 2.75) is 57.5 Å². The summed E-state index contributed by atoms with van der Waals surface area (Å²) >= 11 is 0. The van der Waals surface area contributed by atoms with Gasteiger partial charge in [0.2, 0.25) is 5.91 Å². The van der Waals surface area contributed by atoms with Gasteiger partial charge in [-0.15, -0.1) is 12.4 Å². The molecule has 7 nitrogen and oxygen atoms in total. The molecule has 1 saturated carbocycles.